The number of carbonyl (C=O) groups is 5. The lowest BCUT2D eigenvalue weighted by Crippen LogP contribution is -2.67. The zero-order valence-corrected chi connectivity index (χ0v) is 19.8. The van der Waals surface area contributed by atoms with E-state index in [0.29, 0.717) is 0 Å². The number of carboxylic acid groups (broad SMARTS) is 1. The van der Waals surface area contributed by atoms with Gasteiger partial charge in [0.1, 0.15) is 18.8 Å². The van der Waals surface area contributed by atoms with E-state index < -0.39 is 67.0 Å². The van der Waals surface area contributed by atoms with Crippen molar-refractivity contribution in [1.82, 2.24) is 5.32 Å². The Hall–Kier alpha value is -3.87. The highest BCUT2D eigenvalue weighted by atomic mass is 16.7. The molecule has 0 saturated carbocycles. The number of rotatable bonds is 9. The van der Waals surface area contributed by atoms with E-state index in [0.717, 1.165) is 20.8 Å². The van der Waals surface area contributed by atoms with Crippen molar-refractivity contribution in [3.05, 3.63) is 23.8 Å². The molecule has 0 bridgehead atoms. The number of benzene rings is 1. The van der Waals surface area contributed by atoms with Crippen molar-refractivity contribution in [1.29, 1.82) is 0 Å². The summed E-state index contributed by atoms with van der Waals surface area (Å²) in [6.45, 7) is 4.22. The Morgan fingerprint density at radius 1 is 0.943 bits per heavy atom. The van der Waals surface area contributed by atoms with E-state index >= 15 is 0 Å². The molecule has 1 heterocycles. The Labute approximate surface area is 200 Å². The Balaban J connectivity index is 2.52. The highest BCUT2D eigenvalue weighted by molar-refractivity contribution is 5.88. The van der Waals surface area contributed by atoms with E-state index in [1.165, 1.54) is 32.2 Å². The van der Waals surface area contributed by atoms with E-state index in [9.17, 15) is 29.1 Å². The summed E-state index contributed by atoms with van der Waals surface area (Å²) in [6.07, 6.45) is -5.11. The van der Waals surface area contributed by atoms with Gasteiger partial charge in [0.05, 0.1) is 12.7 Å². The summed E-state index contributed by atoms with van der Waals surface area (Å²) in [6, 6.07) is 2.60. The highest BCUT2D eigenvalue weighted by Gasteiger charge is 2.52. The summed E-state index contributed by atoms with van der Waals surface area (Å²) in [4.78, 5) is 58.4. The van der Waals surface area contributed by atoms with Crippen molar-refractivity contribution in [3.63, 3.8) is 0 Å². The van der Waals surface area contributed by atoms with Gasteiger partial charge in [0.2, 0.25) is 12.2 Å². The van der Waals surface area contributed by atoms with E-state index in [4.69, 9.17) is 28.4 Å². The molecule has 1 fully saturated rings. The van der Waals surface area contributed by atoms with Crippen molar-refractivity contribution in [2.45, 2.75) is 58.3 Å². The van der Waals surface area contributed by atoms with Gasteiger partial charge in [-0.2, -0.15) is 0 Å². The number of aromatic carboxylic acids is 1. The first-order chi connectivity index (χ1) is 16.4. The van der Waals surface area contributed by atoms with Gasteiger partial charge in [0, 0.05) is 27.7 Å². The molecular formula is C22H27NO12. The molecule has 1 amide bonds. The monoisotopic (exact) mass is 497 g/mol. The van der Waals surface area contributed by atoms with Crippen LogP contribution in [0, 0.1) is 0 Å². The van der Waals surface area contributed by atoms with Crippen molar-refractivity contribution < 1.29 is 57.5 Å². The van der Waals surface area contributed by atoms with Crippen LogP contribution in [0.4, 0.5) is 0 Å². The summed E-state index contributed by atoms with van der Waals surface area (Å²) in [5, 5.41) is 11.8. The lowest BCUT2D eigenvalue weighted by atomic mass is 9.96. The van der Waals surface area contributed by atoms with Crippen molar-refractivity contribution in [2.24, 2.45) is 0 Å². The van der Waals surface area contributed by atoms with Gasteiger partial charge in [-0.15, -0.1) is 0 Å². The number of hydrogen-bond donors (Lipinski definition) is 2. The number of amides is 1. The Morgan fingerprint density at radius 3 is 2.09 bits per heavy atom. The third-order valence-corrected chi connectivity index (χ3v) is 4.72. The molecule has 5 atom stereocenters. The second-order valence-corrected chi connectivity index (χ2v) is 7.51. The summed E-state index contributed by atoms with van der Waals surface area (Å²) in [5.74, 6) is -3.80. The third-order valence-electron chi connectivity index (χ3n) is 4.72. The van der Waals surface area contributed by atoms with E-state index in [2.05, 4.69) is 5.32 Å². The van der Waals surface area contributed by atoms with Crippen LogP contribution < -0.4 is 14.8 Å². The van der Waals surface area contributed by atoms with Gasteiger partial charge in [-0.1, -0.05) is 0 Å². The molecule has 0 unspecified atom stereocenters. The number of ether oxygens (including phenoxy) is 6. The predicted molar refractivity (Wildman–Crippen MR) is 115 cm³/mol. The maximum absolute atomic E-state index is 12.0. The Morgan fingerprint density at radius 2 is 1.57 bits per heavy atom. The summed E-state index contributed by atoms with van der Waals surface area (Å²) < 4.78 is 32.7. The Bertz CT molecular complexity index is 977. The van der Waals surface area contributed by atoms with Gasteiger partial charge in [-0.05, 0) is 18.2 Å². The molecule has 1 aliphatic heterocycles. The molecule has 1 saturated heterocycles. The second kappa shape index (κ2) is 12.0. The quantitative estimate of drug-likeness (QED) is 0.356. The van der Waals surface area contributed by atoms with Gasteiger partial charge in [0.25, 0.3) is 0 Å². The molecule has 1 aliphatic rings. The van der Waals surface area contributed by atoms with Gasteiger partial charge >= 0.3 is 23.9 Å². The zero-order chi connectivity index (χ0) is 26.3. The van der Waals surface area contributed by atoms with Crippen LogP contribution in [0.25, 0.3) is 0 Å². The number of carbonyl (C=O) groups excluding carboxylic acids is 4. The van der Waals surface area contributed by atoms with Crippen molar-refractivity contribution in [3.8, 4) is 11.5 Å². The van der Waals surface area contributed by atoms with Crippen LogP contribution in [0.5, 0.6) is 11.5 Å². The van der Waals surface area contributed by atoms with Crippen LogP contribution >= 0.6 is 0 Å². The van der Waals surface area contributed by atoms with Crippen molar-refractivity contribution >= 4 is 29.8 Å². The largest absolute Gasteiger partial charge is 0.493 e. The molecule has 13 heteroatoms. The summed E-state index contributed by atoms with van der Waals surface area (Å²) in [5.41, 5.74) is -0.0716. The lowest BCUT2D eigenvalue weighted by Gasteiger charge is -2.44. The molecular weight excluding hydrogens is 470 g/mol. The lowest BCUT2D eigenvalue weighted by molar-refractivity contribution is -0.257. The third kappa shape index (κ3) is 7.57. The number of esters is 3. The fraction of sp³-hybridized carbons (Fsp3) is 0.500. The first kappa shape index (κ1) is 27.4. The van der Waals surface area contributed by atoms with Gasteiger partial charge in [-0.3, -0.25) is 19.2 Å². The fourth-order valence-corrected chi connectivity index (χ4v) is 3.41. The molecule has 0 aromatic heterocycles. The van der Waals surface area contributed by atoms with Crippen LogP contribution in [0.15, 0.2) is 18.2 Å². The smallest absolute Gasteiger partial charge is 0.335 e. The fourth-order valence-electron chi connectivity index (χ4n) is 3.41. The predicted octanol–water partition coefficient (Wildman–Crippen LogP) is 0.428. The Kier molecular flexibility index (Phi) is 9.40. The SMILES string of the molecule is COc1cc(C(=O)O)ccc1O[C@H]1O[C@@H](COC(C)=O)[C@@H](OC(C)=O)[C@H](OC(C)=O)[C@H]1NC(C)=O. The molecule has 0 radical (unpaired) electrons. The molecule has 0 spiro atoms. The molecule has 1 aromatic carbocycles. The molecule has 192 valence electrons. The average molecular weight is 497 g/mol. The topological polar surface area (TPSA) is 173 Å². The van der Waals surface area contributed by atoms with E-state index in [-0.39, 0.29) is 17.1 Å². The van der Waals surface area contributed by atoms with E-state index in [1.807, 2.05) is 0 Å². The van der Waals surface area contributed by atoms with Gasteiger partial charge in [-0.25, -0.2) is 4.79 Å². The number of hydrogen-bond acceptors (Lipinski definition) is 11. The van der Waals surface area contributed by atoms with Gasteiger partial charge < -0.3 is 38.8 Å². The standard InChI is InChI=1S/C22H27NO12/c1-10(24)23-18-20(33-13(4)27)19(32-12(3)26)17(9-31-11(2)25)35-22(18)34-15-7-6-14(21(28)29)8-16(15)30-5/h6-8,17-20,22H,9H2,1-5H3,(H,23,24)(H,28,29)/t17-,18+,19+,20+,22-/m0/s1. The van der Waals surface area contributed by atoms with E-state index in [1.54, 1.807) is 0 Å². The number of carboxylic acids is 1. The molecule has 2 N–H and O–H groups in total. The molecule has 13 nitrogen and oxygen atoms in total. The first-order valence-corrected chi connectivity index (χ1v) is 10.4. The number of nitrogens with one attached hydrogen (secondary N) is 1. The average Bonchev–Trinajstić information content (AvgIpc) is 2.75. The number of methoxy groups -OCH3 is 1. The van der Waals surface area contributed by atoms with Crippen LogP contribution in [-0.4, -0.2) is 79.3 Å². The molecule has 35 heavy (non-hydrogen) atoms. The molecule has 2 rings (SSSR count). The maximum atomic E-state index is 12.0. The highest BCUT2D eigenvalue weighted by Crippen LogP contribution is 2.33. The second-order valence-electron chi connectivity index (χ2n) is 7.51. The zero-order valence-electron chi connectivity index (χ0n) is 19.8. The van der Waals surface area contributed by atoms with Crippen LogP contribution in [0.3, 0.4) is 0 Å². The minimum atomic E-state index is -1.37. The molecule has 1 aromatic rings. The first-order valence-electron chi connectivity index (χ1n) is 10.4. The van der Waals surface area contributed by atoms with Crippen LogP contribution in [0.1, 0.15) is 38.1 Å². The normalized spacial score (nSPS) is 23.4. The van der Waals surface area contributed by atoms with Gasteiger partial charge in [0.15, 0.2) is 23.7 Å². The summed E-state index contributed by atoms with van der Waals surface area (Å²) in [7, 11) is 1.29. The van der Waals surface area contributed by atoms with Crippen molar-refractivity contribution in [2.75, 3.05) is 13.7 Å². The maximum Gasteiger partial charge on any atom is 0.335 e. The summed E-state index contributed by atoms with van der Waals surface area (Å²) >= 11 is 0. The van der Waals surface area contributed by atoms with Crippen LogP contribution in [-0.2, 0) is 38.1 Å². The minimum Gasteiger partial charge on any atom is -0.493 e. The van der Waals surface area contributed by atoms with Crippen LogP contribution in [0.2, 0.25) is 0 Å². The molecule has 0 aliphatic carbocycles. The minimum absolute atomic E-state index is 0.0385.